The van der Waals surface area contributed by atoms with Gasteiger partial charge in [-0.25, -0.2) is 0 Å². The number of benzene rings is 1. The van der Waals surface area contributed by atoms with E-state index in [-0.39, 0.29) is 7.69 Å². The highest BCUT2D eigenvalue weighted by molar-refractivity contribution is 6.13. The van der Waals surface area contributed by atoms with Crippen LogP contribution in [0.15, 0.2) is 24.3 Å². The molecular formula is C11H18BO3. The molecule has 0 saturated heterocycles. The van der Waals surface area contributed by atoms with Gasteiger partial charge in [0.1, 0.15) is 5.75 Å². The van der Waals surface area contributed by atoms with E-state index in [9.17, 15) is 0 Å². The molecule has 1 aromatic rings. The van der Waals surface area contributed by atoms with Crippen LogP contribution in [0.25, 0.3) is 0 Å². The molecule has 0 aliphatic carbocycles. The number of hydrogen-bond donors (Lipinski definition) is 2. The molecule has 1 radical (unpaired) electrons. The van der Waals surface area contributed by atoms with Crippen molar-refractivity contribution in [3.63, 3.8) is 0 Å². The summed E-state index contributed by atoms with van der Waals surface area (Å²) in [6.07, 6.45) is 1.17. The fourth-order valence-corrected chi connectivity index (χ4v) is 1.18. The maximum atomic E-state index is 7.00. The molecule has 83 valence electrons. The van der Waals surface area contributed by atoms with Gasteiger partial charge in [0.15, 0.2) is 0 Å². The van der Waals surface area contributed by atoms with Crippen molar-refractivity contribution in [3.05, 3.63) is 29.8 Å². The second-order valence-electron chi connectivity index (χ2n) is 3.20. The molecule has 2 N–H and O–H groups in total. The first-order valence-corrected chi connectivity index (χ1v) is 4.93. The van der Waals surface area contributed by atoms with Crippen molar-refractivity contribution >= 4 is 7.69 Å². The maximum Gasteiger partial charge on any atom is 0.482 e. The van der Waals surface area contributed by atoms with Crippen molar-refractivity contribution in [2.45, 2.75) is 26.2 Å². The summed E-state index contributed by atoms with van der Waals surface area (Å²) in [6.45, 7) is 4.43. The Morgan fingerprint density at radius 3 is 2.47 bits per heavy atom. The van der Waals surface area contributed by atoms with Gasteiger partial charge < -0.3 is 14.8 Å². The van der Waals surface area contributed by atoms with Crippen LogP contribution < -0.4 is 4.74 Å². The molecule has 0 spiro atoms. The summed E-state index contributed by atoms with van der Waals surface area (Å²) in [5.74, 6) is 1.58. The van der Waals surface area contributed by atoms with Crippen molar-refractivity contribution in [3.8, 4) is 5.75 Å². The lowest BCUT2D eigenvalue weighted by Gasteiger charge is -2.09. The molecule has 0 aliphatic rings. The Kier molecular flexibility index (Phi) is 7.77. The van der Waals surface area contributed by atoms with Crippen LogP contribution in [0.5, 0.6) is 5.75 Å². The Balaban J connectivity index is 0.000000583. The van der Waals surface area contributed by atoms with Crippen LogP contribution in [-0.4, -0.2) is 24.8 Å². The molecule has 0 saturated carbocycles. The second-order valence-corrected chi connectivity index (χ2v) is 3.20. The predicted octanol–water partition coefficient (Wildman–Crippen LogP) is 1.71. The van der Waals surface area contributed by atoms with E-state index >= 15 is 0 Å². The quantitative estimate of drug-likeness (QED) is 0.745. The smallest absolute Gasteiger partial charge is 0.482 e. The number of methoxy groups -OCH3 is 1. The second kappa shape index (κ2) is 8.32. The van der Waals surface area contributed by atoms with E-state index < -0.39 is 0 Å². The number of rotatable bonds is 3. The van der Waals surface area contributed by atoms with Crippen molar-refractivity contribution in [1.82, 2.24) is 0 Å². The van der Waals surface area contributed by atoms with Crippen molar-refractivity contribution in [2.75, 3.05) is 7.11 Å². The summed E-state index contributed by atoms with van der Waals surface area (Å²) < 4.78 is 5.15. The lowest BCUT2D eigenvalue weighted by atomic mass is 9.99. The number of hydrogen-bond acceptors (Lipinski definition) is 3. The van der Waals surface area contributed by atoms with Crippen LogP contribution in [0.1, 0.15) is 31.7 Å². The minimum Gasteiger partial charge on any atom is -0.497 e. The highest BCUT2D eigenvalue weighted by Crippen LogP contribution is 2.22. The summed E-state index contributed by atoms with van der Waals surface area (Å²) >= 11 is 0. The molecule has 0 heterocycles. The Hall–Kier alpha value is -0.995. The Labute approximate surface area is 92.0 Å². The fraction of sp³-hybridized carbons (Fsp3) is 0.455. The Morgan fingerprint density at radius 1 is 1.40 bits per heavy atom. The van der Waals surface area contributed by atoms with Gasteiger partial charge in [0.2, 0.25) is 0 Å². The van der Waals surface area contributed by atoms with E-state index in [0.29, 0.717) is 5.92 Å². The third-order valence-corrected chi connectivity index (χ3v) is 2.28. The van der Waals surface area contributed by atoms with E-state index in [1.54, 1.807) is 7.11 Å². The highest BCUT2D eigenvalue weighted by Gasteiger charge is 2.02. The van der Waals surface area contributed by atoms with Gasteiger partial charge in [-0.05, 0) is 30.0 Å². The molecule has 1 aromatic carbocycles. The molecule has 1 atom stereocenters. The first-order chi connectivity index (χ1) is 7.19. The zero-order valence-corrected chi connectivity index (χ0v) is 9.47. The average molecular weight is 209 g/mol. The molecule has 0 aliphatic heterocycles. The monoisotopic (exact) mass is 209 g/mol. The summed E-state index contributed by atoms with van der Waals surface area (Å²) in [5, 5.41) is 14.0. The first kappa shape index (κ1) is 14.0. The molecule has 1 unspecified atom stereocenters. The molecule has 4 heteroatoms. The van der Waals surface area contributed by atoms with E-state index in [1.807, 2.05) is 12.1 Å². The van der Waals surface area contributed by atoms with Gasteiger partial charge in [-0.15, -0.1) is 0 Å². The zero-order chi connectivity index (χ0) is 11.7. The van der Waals surface area contributed by atoms with Gasteiger partial charge >= 0.3 is 7.69 Å². The molecular weight excluding hydrogens is 191 g/mol. The van der Waals surface area contributed by atoms with E-state index in [2.05, 4.69) is 26.0 Å². The molecule has 0 amide bonds. The lowest BCUT2D eigenvalue weighted by molar-refractivity contribution is 0.414. The standard InChI is InChI=1S/C11H16O.BH2O2/c1-4-9(2)10-6-5-7-11(8-10)12-3;2-1-3/h5-9H,4H2,1-3H3;2-3H. The molecule has 0 bridgehead atoms. The molecule has 15 heavy (non-hydrogen) atoms. The third kappa shape index (κ3) is 5.45. The molecule has 0 fully saturated rings. The van der Waals surface area contributed by atoms with Gasteiger partial charge in [-0.1, -0.05) is 26.0 Å². The number of ether oxygens (including phenoxy) is 1. The van der Waals surface area contributed by atoms with Crippen LogP contribution in [0.3, 0.4) is 0 Å². The first-order valence-electron chi connectivity index (χ1n) is 4.93. The van der Waals surface area contributed by atoms with E-state index in [0.717, 1.165) is 5.75 Å². The van der Waals surface area contributed by atoms with Gasteiger partial charge in [0, 0.05) is 0 Å². The van der Waals surface area contributed by atoms with Crippen LogP contribution in [0, 0.1) is 0 Å². The molecule has 3 nitrogen and oxygen atoms in total. The summed E-state index contributed by atoms with van der Waals surface area (Å²) in [4.78, 5) is 0. The minimum absolute atomic E-state index is 0. The zero-order valence-electron chi connectivity index (χ0n) is 9.47. The normalized spacial score (nSPS) is 11.0. The minimum atomic E-state index is 0. The van der Waals surface area contributed by atoms with Crippen LogP contribution in [0.2, 0.25) is 0 Å². The van der Waals surface area contributed by atoms with Gasteiger partial charge in [0.25, 0.3) is 0 Å². The van der Waals surface area contributed by atoms with Crippen molar-refractivity contribution in [1.29, 1.82) is 0 Å². The molecule has 1 rings (SSSR count). The van der Waals surface area contributed by atoms with Gasteiger partial charge in [-0.3, -0.25) is 0 Å². The maximum absolute atomic E-state index is 7.00. The lowest BCUT2D eigenvalue weighted by Crippen LogP contribution is -1.91. The van der Waals surface area contributed by atoms with Crippen LogP contribution in [0.4, 0.5) is 0 Å². The molecule has 0 aromatic heterocycles. The van der Waals surface area contributed by atoms with Crippen LogP contribution >= 0.6 is 0 Å². The fourth-order valence-electron chi connectivity index (χ4n) is 1.18. The van der Waals surface area contributed by atoms with Crippen molar-refractivity contribution < 1.29 is 14.8 Å². The largest absolute Gasteiger partial charge is 0.497 e. The Bertz CT molecular complexity index is 266. The Morgan fingerprint density at radius 2 is 2.00 bits per heavy atom. The van der Waals surface area contributed by atoms with Crippen molar-refractivity contribution in [2.24, 2.45) is 0 Å². The summed E-state index contributed by atoms with van der Waals surface area (Å²) in [5.41, 5.74) is 1.36. The average Bonchev–Trinajstić information content (AvgIpc) is 2.29. The third-order valence-electron chi connectivity index (χ3n) is 2.28. The van der Waals surface area contributed by atoms with E-state index in [1.165, 1.54) is 12.0 Å². The van der Waals surface area contributed by atoms with E-state index in [4.69, 9.17) is 14.8 Å². The predicted molar refractivity (Wildman–Crippen MR) is 61.9 cm³/mol. The SMILES string of the molecule is CCC(C)c1cccc(OC)c1.O[B]O. The summed E-state index contributed by atoms with van der Waals surface area (Å²) in [7, 11) is 1.70. The highest BCUT2D eigenvalue weighted by atomic mass is 16.5. The topological polar surface area (TPSA) is 49.7 Å². The van der Waals surface area contributed by atoms with Gasteiger partial charge in [0.05, 0.1) is 7.11 Å². The van der Waals surface area contributed by atoms with Crippen LogP contribution in [-0.2, 0) is 0 Å². The summed E-state index contributed by atoms with van der Waals surface area (Å²) in [6, 6.07) is 8.27. The van der Waals surface area contributed by atoms with Gasteiger partial charge in [-0.2, -0.15) is 0 Å².